The van der Waals surface area contributed by atoms with Crippen LogP contribution in [0.3, 0.4) is 0 Å². The Hall–Kier alpha value is -2.76. The van der Waals surface area contributed by atoms with E-state index in [1.54, 1.807) is 24.3 Å². The van der Waals surface area contributed by atoms with Gasteiger partial charge in [0, 0.05) is 17.2 Å². The normalized spacial score (nSPS) is 16.3. The average Bonchev–Trinajstić information content (AvgIpc) is 3.37. The van der Waals surface area contributed by atoms with Crippen LogP contribution in [-0.2, 0) is 4.84 Å². The van der Waals surface area contributed by atoms with E-state index in [4.69, 9.17) is 13.7 Å². The fourth-order valence-electron chi connectivity index (χ4n) is 4.63. The molecule has 41 heavy (non-hydrogen) atoms. The van der Waals surface area contributed by atoms with Gasteiger partial charge in [0.2, 0.25) is 5.78 Å². The van der Waals surface area contributed by atoms with E-state index in [0.717, 1.165) is 25.7 Å². The highest BCUT2D eigenvalue weighted by molar-refractivity contribution is 6.75. The van der Waals surface area contributed by atoms with Gasteiger partial charge in [-0.25, -0.2) is 4.79 Å². The number of carbonyl (C=O) groups is 3. The Morgan fingerprint density at radius 2 is 1.32 bits per heavy atom. The minimum absolute atomic E-state index is 0.103. The molecule has 1 saturated carbocycles. The minimum Gasteiger partial charge on any atom is -0.543 e. The second-order valence-corrected chi connectivity index (χ2v) is 23.9. The van der Waals surface area contributed by atoms with E-state index in [2.05, 4.69) is 73.2 Å². The molecule has 0 radical (unpaired) electrons. The summed E-state index contributed by atoms with van der Waals surface area (Å²) in [6, 6.07) is 8.31. The summed E-state index contributed by atoms with van der Waals surface area (Å²) < 4.78 is 13.3. The molecule has 0 heterocycles. The van der Waals surface area contributed by atoms with Crippen molar-refractivity contribution < 1.29 is 28.1 Å². The average molecular weight is 596 g/mol. The van der Waals surface area contributed by atoms with Gasteiger partial charge in [-0.05, 0) is 67.3 Å². The highest BCUT2D eigenvalue weighted by Crippen LogP contribution is 2.44. The highest BCUT2D eigenvalue weighted by Gasteiger charge is 2.44. The highest BCUT2D eigenvalue weighted by atomic mass is 28.4. The Morgan fingerprint density at radius 3 is 1.88 bits per heavy atom. The lowest BCUT2D eigenvalue weighted by Gasteiger charge is -2.38. The van der Waals surface area contributed by atoms with Gasteiger partial charge in [-0.3, -0.25) is 9.59 Å². The molecule has 0 atom stereocenters. The van der Waals surface area contributed by atoms with Gasteiger partial charge in [-0.1, -0.05) is 66.5 Å². The molecule has 2 aliphatic carbocycles. The first-order valence-corrected chi connectivity index (χ1v) is 20.4. The lowest BCUT2D eigenvalue weighted by Crippen LogP contribution is -2.45. The molecule has 0 bridgehead atoms. The zero-order valence-electron chi connectivity index (χ0n) is 26.2. The van der Waals surface area contributed by atoms with Crippen molar-refractivity contribution in [2.45, 2.75) is 110 Å². The fourth-order valence-corrected chi connectivity index (χ4v) is 6.68. The summed E-state index contributed by atoms with van der Waals surface area (Å²) in [7, 11) is -4.80. The van der Waals surface area contributed by atoms with E-state index >= 15 is 0 Å². The van der Waals surface area contributed by atoms with Crippen molar-refractivity contribution in [3.63, 3.8) is 0 Å². The molecule has 2 aromatic carbocycles. The summed E-state index contributed by atoms with van der Waals surface area (Å²) in [6.45, 7) is 21.0. The first-order chi connectivity index (χ1) is 18.8. The molecule has 1 fully saturated rings. The molecule has 9 heteroatoms. The van der Waals surface area contributed by atoms with Crippen LogP contribution in [0.1, 0.15) is 109 Å². The third-order valence-electron chi connectivity index (χ3n) is 9.32. The molecule has 4 rings (SSSR count). The van der Waals surface area contributed by atoms with Gasteiger partial charge in [-0.15, -0.1) is 5.48 Å². The van der Waals surface area contributed by atoms with Gasteiger partial charge in [0.15, 0.2) is 5.78 Å². The number of carbonyl (C=O) groups excluding carboxylic acids is 3. The summed E-state index contributed by atoms with van der Waals surface area (Å²) in [5, 5.41) is -0.287. The number of fused-ring (bicyclic) bond motifs is 2. The largest absolute Gasteiger partial charge is 0.543 e. The molecular formula is C32H45NO6Si2. The second-order valence-electron chi connectivity index (χ2n) is 14.4. The van der Waals surface area contributed by atoms with Crippen LogP contribution >= 0.6 is 0 Å². The molecule has 0 unspecified atom stereocenters. The van der Waals surface area contributed by atoms with Gasteiger partial charge < -0.3 is 13.7 Å². The maximum atomic E-state index is 14.3. The zero-order valence-corrected chi connectivity index (χ0v) is 28.2. The third-order valence-corrected chi connectivity index (χ3v) is 18.0. The van der Waals surface area contributed by atoms with E-state index < -0.39 is 22.6 Å². The predicted octanol–water partition coefficient (Wildman–Crippen LogP) is 7.83. The number of rotatable bonds is 7. The van der Waals surface area contributed by atoms with Crippen molar-refractivity contribution in [3.8, 4) is 11.5 Å². The van der Waals surface area contributed by atoms with Crippen LogP contribution in [0.5, 0.6) is 11.5 Å². The van der Waals surface area contributed by atoms with Gasteiger partial charge >= 0.3 is 5.97 Å². The zero-order chi connectivity index (χ0) is 30.5. The van der Waals surface area contributed by atoms with Crippen molar-refractivity contribution in [1.82, 2.24) is 5.48 Å². The van der Waals surface area contributed by atoms with Crippen LogP contribution < -0.4 is 14.3 Å². The van der Waals surface area contributed by atoms with Gasteiger partial charge in [0.1, 0.15) is 11.5 Å². The first kappa shape index (κ1) is 31.2. The molecule has 0 saturated heterocycles. The number of benzene rings is 2. The van der Waals surface area contributed by atoms with Crippen LogP contribution in [-0.4, -0.2) is 40.2 Å². The first-order valence-electron chi connectivity index (χ1n) is 14.6. The number of hydroxylamine groups is 1. The standard InChI is InChI=1S/C32H45NO6Si2/c1-31(2,3)40(7,8)38-24-17-13-16-22-26(24)29(35)27-23(28(22)34)18-20(30(36)37-33-21-14-11-12-15-21)19-25(27)39-41(9,10)32(4,5)6/h13,16-19,21,33H,11-12,14-15H2,1-10H3. The summed E-state index contributed by atoms with van der Waals surface area (Å²) in [5.74, 6) is -0.620. The maximum absolute atomic E-state index is 14.3. The Balaban J connectivity index is 1.83. The van der Waals surface area contributed by atoms with Crippen molar-refractivity contribution >= 4 is 34.2 Å². The molecule has 1 N–H and O–H groups in total. The summed E-state index contributed by atoms with van der Waals surface area (Å²) in [4.78, 5) is 47.0. The topological polar surface area (TPSA) is 90.9 Å². The summed E-state index contributed by atoms with van der Waals surface area (Å²) in [6.07, 6.45) is 4.08. The number of ketones is 2. The monoisotopic (exact) mass is 595 g/mol. The van der Waals surface area contributed by atoms with Crippen LogP contribution in [0.15, 0.2) is 30.3 Å². The Labute approximate surface area is 246 Å². The van der Waals surface area contributed by atoms with E-state index in [9.17, 15) is 14.4 Å². The quantitative estimate of drug-likeness (QED) is 0.220. The van der Waals surface area contributed by atoms with Crippen molar-refractivity contribution in [1.29, 1.82) is 0 Å². The van der Waals surface area contributed by atoms with Gasteiger partial charge in [0.05, 0.1) is 16.7 Å². The van der Waals surface area contributed by atoms with Crippen molar-refractivity contribution in [2.24, 2.45) is 0 Å². The molecule has 222 valence electrons. The maximum Gasteiger partial charge on any atom is 0.356 e. The SMILES string of the molecule is CC(C)(C)[Si](C)(C)Oc1cccc2c1C(=O)c1c(O[Si](C)(C)C(C)(C)C)cc(C(=O)ONC3CCCC3)cc1C2=O. The van der Waals surface area contributed by atoms with Crippen LogP contribution in [0.25, 0.3) is 0 Å². The lowest BCUT2D eigenvalue weighted by molar-refractivity contribution is 0.0160. The second kappa shape index (κ2) is 10.8. The summed E-state index contributed by atoms with van der Waals surface area (Å²) >= 11 is 0. The molecule has 0 amide bonds. The Morgan fingerprint density at radius 1 is 0.780 bits per heavy atom. The smallest absolute Gasteiger partial charge is 0.356 e. The van der Waals surface area contributed by atoms with E-state index in [0.29, 0.717) is 5.75 Å². The van der Waals surface area contributed by atoms with Crippen molar-refractivity contribution in [3.05, 3.63) is 58.1 Å². The van der Waals surface area contributed by atoms with Crippen LogP contribution in [0.4, 0.5) is 0 Å². The van der Waals surface area contributed by atoms with E-state index in [1.807, 2.05) is 0 Å². The Kier molecular flexibility index (Phi) is 8.23. The van der Waals surface area contributed by atoms with E-state index in [1.165, 1.54) is 6.07 Å². The number of hydrogen-bond donors (Lipinski definition) is 1. The Bertz CT molecular complexity index is 1380. The lowest BCUT2D eigenvalue weighted by atomic mass is 9.82. The van der Waals surface area contributed by atoms with E-state index in [-0.39, 0.29) is 61.3 Å². The minimum atomic E-state index is -2.48. The fraction of sp³-hybridized carbons (Fsp3) is 0.531. The summed E-state index contributed by atoms with van der Waals surface area (Å²) in [5.41, 5.74) is 3.91. The molecule has 0 aliphatic heterocycles. The molecule has 2 aliphatic rings. The number of hydrogen-bond acceptors (Lipinski definition) is 7. The van der Waals surface area contributed by atoms with Gasteiger partial charge in [0.25, 0.3) is 16.6 Å². The van der Waals surface area contributed by atoms with Crippen molar-refractivity contribution in [2.75, 3.05) is 0 Å². The molecular weight excluding hydrogens is 551 g/mol. The molecule has 0 aromatic heterocycles. The molecule has 0 spiro atoms. The van der Waals surface area contributed by atoms with Crippen LogP contribution in [0, 0.1) is 0 Å². The molecule has 7 nitrogen and oxygen atoms in total. The third kappa shape index (κ3) is 6.08. The van der Waals surface area contributed by atoms with Gasteiger partial charge in [-0.2, -0.15) is 0 Å². The van der Waals surface area contributed by atoms with Crippen LogP contribution in [0.2, 0.25) is 36.3 Å². The molecule has 2 aromatic rings. The number of nitrogens with one attached hydrogen (secondary N) is 1. The predicted molar refractivity (Wildman–Crippen MR) is 166 cm³/mol.